The first-order valence-electron chi connectivity index (χ1n) is 10.2. The summed E-state index contributed by atoms with van der Waals surface area (Å²) in [5.41, 5.74) is 4.57. The molecular formula is C22H23N7O. The summed E-state index contributed by atoms with van der Waals surface area (Å²) in [4.78, 5) is 35.2. The van der Waals surface area contributed by atoms with Gasteiger partial charge in [-0.3, -0.25) is 20.2 Å². The molecule has 0 spiro atoms. The zero-order valence-electron chi connectivity index (χ0n) is 17.0. The molecule has 2 aliphatic rings. The minimum atomic E-state index is -0.221. The number of amides is 2. The Morgan fingerprint density at radius 3 is 2.97 bits per heavy atom. The normalized spacial score (nSPS) is 17.1. The number of nitrogens with one attached hydrogen (secondary N) is 1. The van der Waals surface area contributed by atoms with E-state index >= 15 is 0 Å². The highest BCUT2D eigenvalue weighted by atomic mass is 16.2. The molecule has 0 radical (unpaired) electrons. The van der Waals surface area contributed by atoms with E-state index < -0.39 is 0 Å². The van der Waals surface area contributed by atoms with Crippen LogP contribution in [0.2, 0.25) is 0 Å². The number of aryl methyl sites for hydroxylation is 2. The molecule has 0 aliphatic carbocycles. The van der Waals surface area contributed by atoms with Crippen molar-refractivity contribution in [2.24, 2.45) is 0 Å². The van der Waals surface area contributed by atoms with Crippen LogP contribution in [0.4, 0.5) is 22.1 Å². The molecule has 1 unspecified atom stereocenters. The predicted octanol–water partition coefficient (Wildman–Crippen LogP) is 3.44. The first-order chi connectivity index (χ1) is 14.6. The van der Waals surface area contributed by atoms with Crippen molar-refractivity contribution >= 4 is 23.4 Å². The smallest absolute Gasteiger partial charge is 0.329 e. The molecule has 2 bridgehead atoms. The van der Waals surface area contributed by atoms with E-state index in [9.17, 15) is 4.79 Å². The highest BCUT2D eigenvalue weighted by Crippen LogP contribution is 2.40. The van der Waals surface area contributed by atoms with Crippen molar-refractivity contribution < 1.29 is 4.79 Å². The van der Waals surface area contributed by atoms with Crippen LogP contribution in [0.3, 0.4) is 0 Å². The van der Waals surface area contributed by atoms with Gasteiger partial charge in [0.05, 0.1) is 29.3 Å². The number of carbonyl (C=O) groups excluding carboxylic acids is 1. The number of nitrogens with zero attached hydrogens (tertiary/aromatic N) is 6. The lowest BCUT2D eigenvalue weighted by molar-refractivity contribution is 0.254. The van der Waals surface area contributed by atoms with E-state index in [1.165, 1.54) is 0 Å². The second-order valence-corrected chi connectivity index (χ2v) is 7.66. The number of urea groups is 1. The van der Waals surface area contributed by atoms with Gasteiger partial charge < -0.3 is 4.90 Å². The van der Waals surface area contributed by atoms with Gasteiger partial charge in [-0.25, -0.2) is 14.8 Å². The van der Waals surface area contributed by atoms with Crippen LogP contribution in [0.5, 0.6) is 0 Å². The summed E-state index contributed by atoms with van der Waals surface area (Å²) in [6.07, 6.45) is 6.74. The summed E-state index contributed by atoms with van der Waals surface area (Å²) in [5, 5.41) is 2.92. The third-order valence-electron chi connectivity index (χ3n) is 5.64. The minimum absolute atomic E-state index is 0.0849. The Bertz CT molecular complexity index is 1120. The fourth-order valence-electron chi connectivity index (χ4n) is 4.14. The topological polar surface area (TPSA) is 87.1 Å². The maximum atomic E-state index is 13.3. The van der Waals surface area contributed by atoms with Crippen molar-refractivity contribution in [2.45, 2.75) is 32.7 Å². The average Bonchev–Trinajstić information content (AvgIpc) is 3.18. The van der Waals surface area contributed by atoms with Gasteiger partial charge in [0.15, 0.2) is 11.6 Å². The molecule has 1 saturated heterocycles. The van der Waals surface area contributed by atoms with E-state index in [0.29, 0.717) is 11.6 Å². The highest BCUT2D eigenvalue weighted by molar-refractivity contribution is 6.04. The molecule has 0 aromatic carbocycles. The molecule has 2 aliphatic heterocycles. The summed E-state index contributed by atoms with van der Waals surface area (Å²) < 4.78 is 0. The monoisotopic (exact) mass is 401 g/mol. The Labute approximate surface area is 175 Å². The lowest BCUT2D eigenvalue weighted by Crippen LogP contribution is -2.48. The number of hydrogen-bond acceptors (Lipinski definition) is 6. The van der Waals surface area contributed by atoms with Gasteiger partial charge in [-0.05, 0) is 44.0 Å². The third-order valence-corrected chi connectivity index (χ3v) is 5.64. The van der Waals surface area contributed by atoms with E-state index in [1.54, 1.807) is 23.5 Å². The molecule has 1 N–H and O–H groups in total. The molecule has 152 valence electrons. The van der Waals surface area contributed by atoms with Gasteiger partial charge in [-0.2, -0.15) is 0 Å². The van der Waals surface area contributed by atoms with Gasteiger partial charge in [-0.1, -0.05) is 6.92 Å². The second-order valence-electron chi connectivity index (χ2n) is 7.66. The van der Waals surface area contributed by atoms with Gasteiger partial charge in [0.25, 0.3) is 0 Å². The van der Waals surface area contributed by atoms with Crippen molar-refractivity contribution in [2.75, 3.05) is 28.2 Å². The Morgan fingerprint density at radius 1 is 1.23 bits per heavy atom. The third kappa shape index (κ3) is 3.24. The van der Waals surface area contributed by atoms with E-state index in [0.717, 1.165) is 54.3 Å². The molecule has 30 heavy (non-hydrogen) atoms. The lowest BCUT2D eigenvalue weighted by Gasteiger charge is -2.35. The Kier molecular flexibility index (Phi) is 4.54. The summed E-state index contributed by atoms with van der Waals surface area (Å²) in [7, 11) is 0. The van der Waals surface area contributed by atoms with Crippen molar-refractivity contribution in [1.82, 2.24) is 19.9 Å². The molecule has 5 heterocycles. The zero-order chi connectivity index (χ0) is 20.7. The number of rotatable bonds is 3. The number of anilines is 3. The molecule has 1 atom stereocenters. The van der Waals surface area contributed by atoms with Crippen molar-refractivity contribution in [1.29, 1.82) is 0 Å². The largest absolute Gasteiger partial charge is 0.366 e. The number of hydrogen-bond donors (Lipinski definition) is 1. The number of pyridine rings is 2. The first kappa shape index (κ1) is 18.5. The van der Waals surface area contributed by atoms with E-state index in [1.807, 2.05) is 32.0 Å². The van der Waals surface area contributed by atoms with Crippen molar-refractivity contribution in [3.05, 3.63) is 54.2 Å². The van der Waals surface area contributed by atoms with E-state index in [-0.39, 0.29) is 12.1 Å². The molecular weight excluding hydrogens is 378 g/mol. The number of aromatic nitrogens is 4. The van der Waals surface area contributed by atoms with Crippen LogP contribution in [-0.4, -0.2) is 45.1 Å². The van der Waals surface area contributed by atoms with Gasteiger partial charge in [0.1, 0.15) is 0 Å². The summed E-state index contributed by atoms with van der Waals surface area (Å²) >= 11 is 0. The van der Waals surface area contributed by atoms with Crippen LogP contribution in [0.15, 0.2) is 42.9 Å². The molecule has 1 fully saturated rings. The molecule has 0 saturated carbocycles. The number of carbonyl (C=O) groups is 1. The van der Waals surface area contributed by atoms with Crippen LogP contribution in [0, 0.1) is 6.92 Å². The summed E-state index contributed by atoms with van der Waals surface area (Å²) in [6, 6.07) is 7.88. The molecule has 2 amide bonds. The molecule has 3 aromatic heterocycles. The standard InChI is InChI=1S/C22H23N7O/c1-3-16-11-23-12-20(25-16)27-22(30)29-17-7-9-28(13-17)19-5-4-18(26-21(19)29)15-6-8-24-14(2)10-15/h4-6,8,10-12,17H,3,7,9,13H2,1-2H3,(H,25,27,30). The average molecular weight is 401 g/mol. The van der Waals surface area contributed by atoms with E-state index in [2.05, 4.69) is 31.2 Å². The number of fused-ring (bicyclic) bond motifs is 4. The Hall–Kier alpha value is -3.55. The Morgan fingerprint density at radius 2 is 2.13 bits per heavy atom. The maximum Gasteiger partial charge on any atom is 0.329 e. The molecule has 8 heteroatoms. The zero-order valence-corrected chi connectivity index (χ0v) is 17.0. The van der Waals surface area contributed by atoms with Gasteiger partial charge in [0, 0.05) is 36.7 Å². The van der Waals surface area contributed by atoms with Crippen LogP contribution in [-0.2, 0) is 6.42 Å². The van der Waals surface area contributed by atoms with Crippen molar-refractivity contribution in [3.8, 4) is 11.3 Å². The molecule has 3 aromatic rings. The van der Waals surface area contributed by atoms with E-state index in [4.69, 9.17) is 4.98 Å². The molecule has 8 nitrogen and oxygen atoms in total. The quantitative estimate of drug-likeness (QED) is 0.723. The fourth-order valence-corrected chi connectivity index (χ4v) is 4.14. The van der Waals surface area contributed by atoms with Gasteiger partial charge in [0.2, 0.25) is 0 Å². The SMILES string of the molecule is CCc1cncc(NC(=O)N2c3nc(-c4ccnc(C)c4)ccc3N3CCC2C3)n1. The van der Waals surface area contributed by atoms with Crippen LogP contribution < -0.4 is 15.1 Å². The van der Waals surface area contributed by atoms with Gasteiger partial charge >= 0.3 is 6.03 Å². The molecule has 5 rings (SSSR count). The fraction of sp³-hybridized carbons (Fsp3) is 0.318. The van der Waals surface area contributed by atoms with Crippen LogP contribution in [0.25, 0.3) is 11.3 Å². The van der Waals surface area contributed by atoms with Crippen molar-refractivity contribution in [3.63, 3.8) is 0 Å². The van der Waals surface area contributed by atoms with Crippen LogP contribution in [0.1, 0.15) is 24.7 Å². The predicted molar refractivity (Wildman–Crippen MR) is 116 cm³/mol. The Balaban J connectivity index is 1.52. The first-order valence-corrected chi connectivity index (χ1v) is 10.2. The summed E-state index contributed by atoms with van der Waals surface area (Å²) in [5.74, 6) is 1.15. The minimum Gasteiger partial charge on any atom is -0.366 e. The maximum absolute atomic E-state index is 13.3. The summed E-state index contributed by atoms with van der Waals surface area (Å²) in [6.45, 7) is 5.70. The lowest BCUT2D eigenvalue weighted by atomic mass is 10.1. The van der Waals surface area contributed by atoms with Crippen LogP contribution >= 0.6 is 0 Å². The highest BCUT2D eigenvalue weighted by Gasteiger charge is 2.40. The van der Waals surface area contributed by atoms with Gasteiger partial charge in [-0.15, -0.1) is 0 Å². The second kappa shape index (κ2) is 7.37.